The minimum atomic E-state index is -0.243. The normalized spacial score (nSPS) is 15.7. The number of hydrogen-bond donors (Lipinski definition) is 2. The lowest BCUT2D eigenvalue weighted by atomic mass is 10.0. The number of carbonyl (C=O) groups excluding carboxylic acids is 1. The van der Waals surface area contributed by atoms with Gasteiger partial charge in [0.2, 0.25) is 0 Å². The van der Waals surface area contributed by atoms with Gasteiger partial charge in [0.1, 0.15) is 5.82 Å². The van der Waals surface area contributed by atoms with Gasteiger partial charge in [-0.25, -0.2) is 4.39 Å². The maximum atomic E-state index is 13.8. The van der Waals surface area contributed by atoms with E-state index in [1.54, 1.807) is 25.1 Å². The molecule has 1 aliphatic rings. The van der Waals surface area contributed by atoms with Gasteiger partial charge >= 0.3 is 0 Å². The van der Waals surface area contributed by atoms with Crippen molar-refractivity contribution in [2.24, 2.45) is 0 Å². The van der Waals surface area contributed by atoms with Crippen molar-refractivity contribution in [3.63, 3.8) is 0 Å². The standard InChI is InChI=1S/C22H27FN2O2/c1-16-6-7-18(15-21(16)23)17-4-2-5-19(14-17)22(27)24-10-3-11-25-12-8-20(26)9-13-25/h2,4-7,14-15,20,26H,3,8-13H2,1H3,(H,24,27). The third-order valence-electron chi connectivity index (χ3n) is 5.12. The molecule has 0 aromatic heterocycles. The average Bonchev–Trinajstić information content (AvgIpc) is 2.68. The minimum absolute atomic E-state index is 0.112. The first-order valence-electron chi connectivity index (χ1n) is 9.58. The van der Waals surface area contributed by atoms with Gasteiger partial charge in [0.15, 0.2) is 0 Å². The zero-order chi connectivity index (χ0) is 19.2. The number of nitrogens with one attached hydrogen (secondary N) is 1. The summed E-state index contributed by atoms with van der Waals surface area (Å²) in [5, 5.41) is 12.5. The molecule has 0 bridgehead atoms. The predicted molar refractivity (Wildman–Crippen MR) is 105 cm³/mol. The molecular formula is C22H27FN2O2. The van der Waals surface area contributed by atoms with Gasteiger partial charge in [0, 0.05) is 25.2 Å². The van der Waals surface area contributed by atoms with Crippen LogP contribution in [0.5, 0.6) is 0 Å². The molecule has 0 atom stereocenters. The van der Waals surface area contributed by atoms with Crippen LogP contribution in [0.3, 0.4) is 0 Å². The fourth-order valence-corrected chi connectivity index (χ4v) is 3.36. The van der Waals surface area contributed by atoms with Crippen molar-refractivity contribution in [2.45, 2.75) is 32.3 Å². The molecule has 5 heteroatoms. The highest BCUT2D eigenvalue weighted by molar-refractivity contribution is 5.95. The maximum absolute atomic E-state index is 13.8. The summed E-state index contributed by atoms with van der Waals surface area (Å²) in [7, 11) is 0. The number of aliphatic hydroxyl groups excluding tert-OH is 1. The number of rotatable bonds is 6. The number of hydrogen-bond acceptors (Lipinski definition) is 3. The van der Waals surface area contributed by atoms with E-state index in [9.17, 15) is 14.3 Å². The van der Waals surface area contributed by atoms with E-state index in [1.165, 1.54) is 6.07 Å². The molecule has 4 nitrogen and oxygen atoms in total. The molecule has 0 radical (unpaired) electrons. The number of carbonyl (C=O) groups is 1. The number of aryl methyl sites for hydroxylation is 1. The summed E-state index contributed by atoms with van der Waals surface area (Å²) in [5.74, 6) is -0.355. The van der Waals surface area contributed by atoms with Gasteiger partial charge in [-0.15, -0.1) is 0 Å². The van der Waals surface area contributed by atoms with Gasteiger partial charge in [-0.05, 0) is 67.6 Å². The molecule has 0 unspecified atom stereocenters. The van der Waals surface area contributed by atoms with E-state index in [2.05, 4.69) is 10.2 Å². The summed E-state index contributed by atoms with van der Waals surface area (Å²) in [6.45, 7) is 5.11. The van der Waals surface area contributed by atoms with E-state index >= 15 is 0 Å². The lowest BCUT2D eigenvalue weighted by Gasteiger charge is -2.29. The van der Waals surface area contributed by atoms with Crippen LogP contribution in [0.25, 0.3) is 11.1 Å². The van der Waals surface area contributed by atoms with Crippen molar-refractivity contribution in [1.29, 1.82) is 0 Å². The van der Waals surface area contributed by atoms with Crippen molar-refractivity contribution in [1.82, 2.24) is 10.2 Å². The van der Waals surface area contributed by atoms with E-state index in [0.29, 0.717) is 17.7 Å². The molecule has 2 aromatic carbocycles. The fourth-order valence-electron chi connectivity index (χ4n) is 3.36. The Kier molecular flexibility index (Phi) is 6.58. The van der Waals surface area contributed by atoms with Gasteiger partial charge in [-0.1, -0.05) is 24.3 Å². The van der Waals surface area contributed by atoms with Crippen LogP contribution >= 0.6 is 0 Å². The lowest BCUT2D eigenvalue weighted by molar-refractivity contribution is 0.0816. The van der Waals surface area contributed by atoms with Crippen LogP contribution in [-0.2, 0) is 0 Å². The Morgan fingerprint density at radius 1 is 1.19 bits per heavy atom. The first-order valence-corrected chi connectivity index (χ1v) is 9.58. The number of benzene rings is 2. The lowest BCUT2D eigenvalue weighted by Crippen LogP contribution is -2.37. The quantitative estimate of drug-likeness (QED) is 0.767. The molecule has 2 N–H and O–H groups in total. The van der Waals surface area contributed by atoms with Crippen molar-refractivity contribution < 1.29 is 14.3 Å². The summed E-state index contributed by atoms with van der Waals surface area (Å²) >= 11 is 0. The highest BCUT2D eigenvalue weighted by atomic mass is 19.1. The molecule has 3 rings (SSSR count). The topological polar surface area (TPSA) is 52.6 Å². The van der Waals surface area contributed by atoms with E-state index in [1.807, 2.05) is 18.2 Å². The minimum Gasteiger partial charge on any atom is -0.393 e. The second-order valence-corrected chi connectivity index (χ2v) is 7.23. The smallest absolute Gasteiger partial charge is 0.251 e. The van der Waals surface area contributed by atoms with Gasteiger partial charge in [-0.3, -0.25) is 4.79 Å². The molecular weight excluding hydrogens is 343 g/mol. The van der Waals surface area contributed by atoms with Crippen LogP contribution in [-0.4, -0.2) is 48.2 Å². The Morgan fingerprint density at radius 2 is 1.93 bits per heavy atom. The Hall–Kier alpha value is -2.24. The number of likely N-dealkylation sites (tertiary alicyclic amines) is 1. The number of halogens is 1. The van der Waals surface area contributed by atoms with E-state index in [4.69, 9.17) is 0 Å². The van der Waals surface area contributed by atoms with Crippen LogP contribution in [0.4, 0.5) is 4.39 Å². The highest BCUT2D eigenvalue weighted by Gasteiger charge is 2.16. The maximum Gasteiger partial charge on any atom is 0.251 e. The van der Waals surface area contributed by atoms with Crippen LogP contribution in [0.1, 0.15) is 35.2 Å². The van der Waals surface area contributed by atoms with Gasteiger partial charge < -0.3 is 15.3 Å². The zero-order valence-corrected chi connectivity index (χ0v) is 15.7. The first-order chi connectivity index (χ1) is 13.0. The van der Waals surface area contributed by atoms with Gasteiger partial charge in [0.25, 0.3) is 5.91 Å². The summed E-state index contributed by atoms with van der Waals surface area (Å²) in [6, 6.07) is 12.4. The molecule has 2 aromatic rings. The Bertz CT molecular complexity index is 786. The zero-order valence-electron chi connectivity index (χ0n) is 15.7. The molecule has 1 heterocycles. The van der Waals surface area contributed by atoms with Crippen LogP contribution in [0.2, 0.25) is 0 Å². The molecule has 0 saturated carbocycles. The third-order valence-corrected chi connectivity index (χ3v) is 5.12. The van der Waals surface area contributed by atoms with Crippen LogP contribution < -0.4 is 5.32 Å². The van der Waals surface area contributed by atoms with E-state index in [0.717, 1.165) is 50.0 Å². The van der Waals surface area contributed by atoms with Crippen LogP contribution in [0, 0.1) is 12.7 Å². The summed E-state index contributed by atoms with van der Waals surface area (Å²) < 4.78 is 13.8. The summed E-state index contributed by atoms with van der Waals surface area (Å²) in [4.78, 5) is 14.7. The Morgan fingerprint density at radius 3 is 2.67 bits per heavy atom. The summed E-state index contributed by atoms with van der Waals surface area (Å²) in [5.41, 5.74) is 2.78. The molecule has 144 valence electrons. The number of piperidine rings is 1. The molecule has 0 spiro atoms. The SMILES string of the molecule is Cc1ccc(-c2cccc(C(=O)NCCCN3CCC(O)CC3)c2)cc1F. The number of nitrogens with zero attached hydrogens (tertiary/aromatic N) is 1. The first kappa shape index (κ1) is 19.5. The fraction of sp³-hybridized carbons (Fsp3) is 0.409. The second-order valence-electron chi connectivity index (χ2n) is 7.23. The largest absolute Gasteiger partial charge is 0.393 e. The van der Waals surface area contributed by atoms with Crippen molar-refractivity contribution >= 4 is 5.91 Å². The molecule has 1 saturated heterocycles. The molecule has 1 amide bonds. The van der Waals surface area contributed by atoms with Crippen molar-refractivity contribution in [3.8, 4) is 11.1 Å². The second kappa shape index (κ2) is 9.11. The Balaban J connectivity index is 1.52. The molecule has 1 fully saturated rings. The van der Waals surface area contributed by atoms with Gasteiger partial charge in [0.05, 0.1) is 6.10 Å². The molecule has 1 aliphatic heterocycles. The Labute approximate surface area is 160 Å². The highest BCUT2D eigenvalue weighted by Crippen LogP contribution is 2.22. The molecule has 0 aliphatic carbocycles. The third kappa shape index (κ3) is 5.37. The monoisotopic (exact) mass is 370 g/mol. The van der Waals surface area contributed by atoms with E-state index < -0.39 is 0 Å². The average molecular weight is 370 g/mol. The molecule has 27 heavy (non-hydrogen) atoms. The summed E-state index contributed by atoms with van der Waals surface area (Å²) in [6.07, 6.45) is 2.39. The number of amides is 1. The van der Waals surface area contributed by atoms with Crippen molar-refractivity contribution in [2.75, 3.05) is 26.2 Å². The van der Waals surface area contributed by atoms with E-state index in [-0.39, 0.29) is 17.8 Å². The van der Waals surface area contributed by atoms with Gasteiger partial charge in [-0.2, -0.15) is 0 Å². The number of aliphatic hydroxyl groups is 1. The van der Waals surface area contributed by atoms with Crippen molar-refractivity contribution in [3.05, 3.63) is 59.4 Å². The predicted octanol–water partition coefficient (Wildman–Crippen LogP) is 3.38. The van der Waals surface area contributed by atoms with Crippen LogP contribution in [0.15, 0.2) is 42.5 Å².